The van der Waals surface area contributed by atoms with Crippen molar-refractivity contribution < 1.29 is 9.53 Å². The van der Waals surface area contributed by atoms with Gasteiger partial charge in [-0.25, -0.2) is 0 Å². The van der Waals surface area contributed by atoms with Crippen molar-refractivity contribution in [2.45, 2.75) is 38.5 Å². The molecule has 2 aromatic carbocycles. The van der Waals surface area contributed by atoms with E-state index < -0.39 is 0 Å². The van der Waals surface area contributed by atoms with Crippen LogP contribution in [0.5, 0.6) is 5.75 Å². The maximum absolute atomic E-state index is 12.3. The number of thiocarbonyl (C=S) groups is 1. The number of hydrogen-bond donors (Lipinski definition) is 2. The number of halogens is 1. The van der Waals surface area contributed by atoms with Gasteiger partial charge in [-0.1, -0.05) is 44.2 Å². The molecule has 148 valence electrons. The highest BCUT2D eigenvalue weighted by molar-refractivity contribution is 14.1. The van der Waals surface area contributed by atoms with Gasteiger partial charge in [0.15, 0.2) is 5.11 Å². The molecule has 1 saturated carbocycles. The van der Waals surface area contributed by atoms with E-state index in [-0.39, 0.29) is 11.0 Å². The molecule has 1 aliphatic carbocycles. The Morgan fingerprint density at radius 3 is 2.50 bits per heavy atom. The summed E-state index contributed by atoms with van der Waals surface area (Å²) in [5.41, 5.74) is 1.42. The Morgan fingerprint density at radius 1 is 1.07 bits per heavy atom. The van der Waals surface area contributed by atoms with E-state index >= 15 is 0 Å². The summed E-state index contributed by atoms with van der Waals surface area (Å²) < 4.78 is 6.76. The van der Waals surface area contributed by atoms with E-state index in [2.05, 4.69) is 33.2 Å². The molecule has 0 aliphatic heterocycles. The van der Waals surface area contributed by atoms with Crippen LogP contribution in [0.3, 0.4) is 0 Å². The standard InChI is InChI=1S/C22H25IN2O2S/c23-20-9-5-4-8-19(20)21(26)25-22(28)24-17-10-12-18(13-11-17)27-15-14-16-6-2-1-3-7-16/h4-5,8-13,16H,1-3,6-7,14-15H2,(H2,24,25,26,28). The third kappa shape index (κ3) is 6.44. The highest BCUT2D eigenvalue weighted by atomic mass is 127. The smallest absolute Gasteiger partial charge is 0.258 e. The fraction of sp³-hybridized carbons (Fsp3) is 0.364. The monoisotopic (exact) mass is 508 g/mol. The van der Waals surface area contributed by atoms with Crippen molar-refractivity contribution in [3.63, 3.8) is 0 Å². The highest BCUT2D eigenvalue weighted by Crippen LogP contribution is 2.26. The zero-order chi connectivity index (χ0) is 19.8. The molecular formula is C22H25IN2O2S. The first-order chi connectivity index (χ1) is 13.6. The van der Waals surface area contributed by atoms with E-state index in [9.17, 15) is 4.79 Å². The molecule has 0 unspecified atom stereocenters. The number of carbonyl (C=O) groups excluding carboxylic acids is 1. The first kappa shape index (κ1) is 21.0. The second-order valence-electron chi connectivity index (χ2n) is 7.05. The van der Waals surface area contributed by atoms with Gasteiger partial charge in [0, 0.05) is 9.26 Å². The number of amides is 1. The van der Waals surface area contributed by atoms with Crippen molar-refractivity contribution in [2.75, 3.05) is 11.9 Å². The second kappa shape index (κ2) is 10.8. The number of hydrogen-bond acceptors (Lipinski definition) is 3. The Bertz CT molecular complexity index is 804. The minimum atomic E-state index is -0.217. The summed E-state index contributed by atoms with van der Waals surface area (Å²) in [7, 11) is 0. The molecule has 0 spiro atoms. The summed E-state index contributed by atoms with van der Waals surface area (Å²) in [5, 5.41) is 6.03. The van der Waals surface area contributed by atoms with Gasteiger partial charge in [0.1, 0.15) is 5.75 Å². The topological polar surface area (TPSA) is 50.4 Å². The van der Waals surface area contributed by atoms with E-state index in [0.29, 0.717) is 5.56 Å². The Hall–Kier alpha value is -1.67. The average Bonchev–Trinajstić information content (AvgIpc) is 2.70. The summed E-state index contributed by atoms with van der Waals surface area (Å²) in [6, 6.07) is 15.1. The van der Waals surface area contributed by atoms with Gasteiger partial charge in [0.25, 0.3) is 5.91 Å². The van der Waals surface area contributed by atoms with E-state index in [1.54, 1.807) is 6.07 Å². The van der Waals surface area contributed by atoms with Gasteiger partial charge in [0.05, 0.1) is 12.2 Å². The van der Waals surface area contributed by atoms with Crippen LogP contribution < -0.4 is 15.4 Å². The van der Waals surface area contributed by atoms with Crippen molar-refractivity contribution in [2.24, 2.45) is 5.92 Å². The molecule has 3 rings (SSSR count). The lowest BCUT2D eigenvalue weighted by atomic mass is 9.87. The molecule has 1 amide bonds. The van der Waals surface area contributed by atoms with Gasteiger partial charge < -0.3 is 10.1 Å². The maximum Gasteiger partial charge on any atom is 0.258 e. The van der Waals surface area contributed by atoms with Crippen molar-refractivity contribution in [3.8, 4) is 5.75 Å². The predicted octanol–water partition coefficient (Wildman–Crippen LogP) is 5.77. The summed E-state index contributed by atoms with van der Waals surface area (Å²) in [5.74, 6) is 1.46. The van der Waals surface area contributed by atoms with Crippen LogP contribution in [-0.2, 0) is 0 Å². The SMILES string of the molecule is O=C(NC(=S)Nc1ccc(OCCC2CCCCC2)cc1)c1ccccc1I. The first-order valence-electron chi connectivity index (χ1n) is 9.71. The van der Waals surface area contributed by atoms with E-state index in [4.69, 9.17) is 17.0 Å². The highest BCUT2D eigenvalue weighted by Gasteiger charge is 2.13. The quantitative estimate of drug-likeness (QED) is 0.385. The Kier molecular flexibility index (Phi) is 8.09. The predicted molar refractivity (Wildman–Crippen MR) is 126 cm³/mol. The lowest BCUT2D eigenvalue weighted by molar-refractivity contribution is 0.0977. The molecule has 2 aromatic rings. The van der Waals surface area contributed by atoms with Crippen LogP contribution in [0.4, 0.5) is 5.69 Å². The average molecular weight is 508 g/mol. The van der Waals surface area contributed by atoms with Crippen LogP contribution in [0.15, 0.2) is 48.5 Å². The van der Waals surface area contributed by atoms with Gasteiger partial charge in [-0.15, -0.1) is 0 Å². The number of rotatable bonds is 6. The van der Waals surface area contributed by atoms with Crippen molar-refractivity contribution in [1.29, 1.82) is 0 Å². The van der Waals surface area contributed by atoms with Gasteiger partial charge >= 0.3 is 0 Å². The van der Waals surface area contributed by atoms with Crippen LogP contribution in [0.2, 0.25) is 0 Å². The molecule has 4 nitrogen and oxygen atoms in total. The fourth-order valence-electron chi connectivity index (χ4n) is 3.43. The third-order valence-electron chi connectivity index (χ3n) is 4.98. The molecule has 0 heterocycles. The van der Waals surface area contributed by atoms with Crippen molar-refractivity contribution in [1.82, 2.24) is 5.32 Å². The largest absolute Gasteiger partial charge is 0.494 e. The molecule has 0 saturated heterocycles. The van der Waals surface area contributed by atoms with Crippen molar-refractivity contribution >= 4 is 51.5 Å². The van der Waals surface area contributed by atoms with Gasteiger partial charge in [-0.05, 0) is 83.5 Å². The first-order valence-corrected chi connectivity index (χ1v) is 11.2. The number of carbonyl (C=O) groups is 1. The van der Waals surface area contributed by atoms with E-state index in [1.807, 2.05) is 42.5 Å². The number of ether oxygens (including phenoxy) is 1. The lowest BCUT2D eigenvalue weighted by Gasteiger charge is -2.21. The molecule has 2 N–H and O–H groups in total. The molecule has 0 bridgehead atoms. The van der Waals surface area contributed by atoms with Crippen LogP contribution in [0, 0.1) is 9.49 Å². The Morgan fingerprint density at radius 2 is 1.79 bits per heavy atom. The molecular weight excluding hydrogens is 483 g/mol. The zero-order valence-corrected chi connectivity index (χ0v) is 18.7. The molecule has 0 atom stereocenters. The zero-order valence-electron chi connectivity index (χ0n) is 15.7. The third-order valence-corrected chi connectivity index (χ3v) is 6.12. The summed E-state index contributed by atoms with van der Waals surface area (Å²) in [4.78, 5) is 12.3. The van der Waals surface area contributed by atoms with Crippen LogP contribution >= 0.6 is 34.8 Å². The summed E-state index contributed by atoms with van der Waals surface area (Å²) >= 11 is 7.39. The van der Waals surface area contributed by atoms with Crippen LogP contribution in [-0.4, -0.2) is 17.6 Å². The normalized spacial score (nSPS) is 14.3. The molecule has 1 aliphatic rings. The molecule has 1 fully saturated rings. The number of nitrogens with one attached hydrogen (secondary N) is 2. The molecule has 0 radical (unpaired) electrons. The van der Waals surface area contributed by atoms with E-state index in [0.717, 1.165) is 34.0 Å². The van der Waals surface area contributed by atoms with Gasteiger partial charge in [0.2, 0.25) is 0 Å². The molecule has 28 heavy (non-hydrogen) atoms. The van der Waals surface area contributed by atoms with E-state index in [1.165, 1.54) is 32.1 Å². The summed E-state index contributed by atoms with van der Waals surface area (Å²) in [6.07, 6.45) is 7.94. The van der Waals surface area contributed by atoms with Crippen molar-refractivity contribution in [3.05, 3.63) is 57.7 Å². The van der Waals surface area contributed by atoms with Crippen LogP contribution in [0.25, 0.3) is 0 Å². The second-order valence-corrected chi connectivity index (χ2v) is 8.62. The fourth-order valence-corrected chi connectivity index (χ4v) is 4.27. The minimum Gasteiger partial charge on any atom is -0.494 e. The number of benzene rings is 2. The maximum atomic E-state index is 12.3. The van der Waals surface area contributed by atoms with Gasteiger partial charge in [-0.3, -0.25) is 10.1 Å². The molecule has 6 heteroatoms. The lowest BCUT2D eigenvalue weighted by Crippen LogP contribution is -2.34. The number of anilines is 1. The van der Waals surface area contributed by atoms with Crippen LogP contribution in [0.1, 0.15) is 48.9 Å². The Labute approximate surface area is 185 Å². The summed E-state index contributed by atoms with van der Waals surface area (Å²) in [6.45, 7) is 0.765. The Balaban J connectivity index is 1.43. The molecule has 0 aromatic heterocycles. The minimum absolute atomic E-state index is 0.217. The van der Waals surface area contributed by atoms with Gasteiger partial charge in [-0.2, -0.15) is 0 Å².